The van der Waals surface area contributed by atoms with Crippen LogP contribution in [0.4, 0.5) is 0 Å². The van der Waals surface area contributed by atoms with Crippen LogP contribution in [0.1, 0.15) is 0 Å². The molecule has 84 valence electrons. The molecule has 0 aliphatic carbocycles. The second-order valence-corrected chi connectivity index (χ2v) is 5.84. The number of rotatable bonds is 1. The highest BCUT2D eigenvalue weighted by Gasteiger charge is 2.12. The molecule has 4 heteroatoms. The second-order valence-electron chi connectivity index (χ2n) is 3.66. The summed E-state index contributed by atoms with van der Waals surface area (Å²) in [4.78, 5) is 4.69. The molecule has 0 fully saturated rings. The highest BCUT2D eigenvalue weighted by molar-refractivity contribution is 14.1. The van der Waals surface area contributed by atoms with E-state index in [1.807, 2.05) is 30.5 Å². The molecule has 0 unspecified atom stereocenters. The van der Waals surface area contributed by atoms with Crippen LogP contribution in [0.15, 0.2) is 48.7 Å². The molecule has 0 spiro atoms. The Bertz CT molecular complexity index is 689. The van der Waals surface area contributed by atoms with E-state index in [-0.39, 0.29) is 0 Å². The Morgan fingerprint density at radius 2 is 1.71 bits per heavy atom. The largest absolute Gasteiger partial charge is 0.294 e. The Morgan fingerprint density at radius 3 is 2.47 bits per heavy atom. The van der Waals surface area contributed by atoms with Crippen LogP contribution in [0.2, 0.25) is 0 Å². The summed E-state index contributed by atoms with van der Waals surface area (Å²) in [5, 5.41) is 0. The van der Waals surface area contributed by atoms with E-state index in [1.54, 1.807) is 0 Å². The first-order valence-electron chi connectivity index (χ1n) is 5.15. The molecule has 1 aromatic carbocycles. The third-order valence-electron chi connectivity index (χ3n) is 2.60. The van der Waals surface area contributed by atoms with Gasteiger partial charge in [0.25, 0.3) is 0 Å². The highest BCUT2D eigenvalue weighted by Crippen LogP contribution is 2.29. The number of halogens is 2. The lowest BCUT2D eigenvalue weighted by molar-refractivity contribution is 1.15. The molecule has 0 bridgehead atoms. The minimum atomic E-state index is 0.992. The third kappa shape index (κ3) is 1.97. The normalized spacial score (nSPS) is 10.9. The maximum atomic E-state index is 4.69. The average Bonchev–Trinajstić information content (AvgIpc) is 2.68. The molecule has 17 heavy (non-hydrogen) atoms. The zero-order chi connectivity index (χ0) is 11.8. The first kappa shape index (κ1) is 11.5. The monoisotopic (exact) mass is 446 g/mol. The molecule has 3 rings (SSSR count). The molecule has 0 saturated heterocycles. The second kappa shape index (κ2) is 4.56. The van der Waals surface area contributed by atoms with Gasteiger partial charge < -0.3 is 0 Å². The van der Waals surface area contributed by atoms with Gasteiger partial charge in [-0.2, -0.15) is 0 Å². The summed E-state index contributed by atoms with van der Waals surface area (Å²) in [6.45, 7) is 0. The van der Waals surface area contributed by atoms with Crippen molar-refractivity contribution >= 4 is 50.8 Å². The number of hydrogen-bond donors (Lipinski definition) is 0. The molecule has 0 atom stereocenters. The van der Waals surface area contributed by atoms with E-state index in [0.29, 0.717) is 0 Å². The van der Waals surface area contributed by atoms with Crippen molar-refractivity contribution in [2.45, 2.75) is 0 Å². The van der Waals surface area contributed by atoms with Crippen molar-refractivity contribution in [1.82, 2.24) is 9.38 Å². The third-order valence-corrected chi connectivity index (χ3v) is 4.57. The summed E-state index contributed by atoms with van der Waals surface area (Å²) in [5.74, 6) is 0. The first-order valence-corrected chi connectivity index (χ1v) is 7.30. The van der Waals surface area contributed by atoms with Gasteiger partial charge in [-0.1, -0.05) is 24.3 Å². The predicted molar refractivity (Wildman–Crippen MR) is 86.1 cm³/mol. The van der Waals surface area contributed by atoms with Gasteiger partial charge in [0.1, 0.15) is 15.0 Å². The Hall–Kier alpha value is -0.630. The van der Waals surface area contributed by atoms with Crippen LogP contribution in [-0.2, 0) is 0 Å². The van der Waals surface area contributed by atoms with Gasteiger partial charge in [0.15, 0.2) is 0 Å². The minimum absolute atomic E-state index is 0.992. The van der Waals surface area contributed by atoms with Gasteiger partial charge in [0.05, 0.1) is 0 Å². The maximum absolute atomic E-state index is 4.69. The van der Waals surface area contributed by atoms with E-state index in [0.717, 1.165) is 15.0 Å². The topological polar surface area (TPSA) is 17.3 Å². The van der Waals surface area contributed by atoms with Gasteiger partial charge in [-0.25, -0.2) is 4.98 Å². The number of fused-ring (bicyclic) bond motifs is 1. The van der Waals surface area contributed by atoms with Crippen LogP contribution in [-0.4, -0.2) is 9.38 Å². The molecule has 2 aromatic heterocycles. The van der Waals surface area contributed by atoms with Gasteiger partial charge in [0.2, 0.25) is 0 Å². The van der Waals surface area contributed by atoms with Crippen molar-refractivity contribution in [1.29, 1.82) is 0 Å². The fraction of sp³-hybridized carbons (Fsp3) is 0. The number of imidazole rings is 1. The number of benzene rings is 1. The van der Waals surface area contributed by atoms with E-state index in [9.17, 15) is 0 Å². The van der Waals surface area contributed by atoms with Gasteiger partial charge in [-0.05, 0) is 63.4 Å². The minimum Gasteiger partial charge on any atom is -0.294 e. The Kier molecular flexibility index (Phi) is 3.08. The van der Waals surface area contributed by atoms with E-state index < -0.39 is 0 Å². The number of nitrogens with zero attached hydrogens (tertiary/aromatic N) is 2. The fourth-order valence-electron chi connectivity index (χ4n) is 1.79. The lowest BCUT2D eigenvalue weighted by Gasteiger charge is -2.00. The lowest BCUT2D eigenvalue weighted by atomic mass is 10.2. The Morgan fingerprint density at radius 1 is 0.941 bits per heavy atom. The summed E-state index contributed by atoms with van der Waals surface area (Å²) in [7, 11) is 0. The average molecular weight is 446 g/mol. The van der Waals surface area contributed by atoms with Crippen LogP contribution < -0.4 is 0 Å². The molecule has 0 saturated carbocycles. The molecule has 0 aliphatic heterocycles. The summed E-state index contributed by atoms with van der Waals surface area (Å²) in [5.41, 5.74) is 3.24. The van der Waals surface area contributed by atoms with E-state index in [1.165, 1.54) is 9.13 Å². The van der Waals surface area contributed by atoms with Crippen molar-refractivity contribution < 1.29 is 0 Å². The number of hydrogen-bond acceptors (Lipinski definition) is 1. The van der Waals surface area contributed by atoms with Gasteiger partial charge in [-0.15, -0.1) is 0 Å². The summed E-state index contributed by atoms with van der Waals surface area (Å²) in [6.07, 6.45) is 2.05. The standard InChI is InChI=1S/C13H8I2N2/c14-10-6-2-1-5-9(10)12-13(15)17-8-4-3-7-11(17)16-12/h1-8H. The molecular weight excluding hydrogens is 438 g/mol. The molecule has 0 aliphatic rings. The molecule has 2 heterocycles. The molecule has 0 amide bonds. The van der Waals surface area contributed by atoms with Gasteiger partial charge in [0, 0.05) is 15.3 Å². The van der Waals surface area contributed by atoms with Crippen molar-refractivity contribution in [3.05, 3.63) is 55.9 Å². The van der Waals surface area contributed by atoms with Crippen LogP contribution in [0.3, 0.4) is 0 Å². The van der Waals surface area contributed by atoms with Crippen LogP contribution >= 0.6 is 45.2 Å². The number of pyridine rings is 1. The van der Waals surface area contributed by atoms with Crippen molar-refractivity contribution in [3.8, 4) is 11.3 Å². The zero-order valence-corrected chi connectivity index (χ0v) is 13.1. The lowest BCUT2D eigenvalue weighted by Crippen LogP contribution is -1.87. The zero-order valence-electron chi connectivity index (χ0n) is 8.77. The van der Waals surface area contributed by atoms with Crippen LogP contribution in [0.25, 0.3) is 16.9 Å². The SMILES string of the molecule is Ic1ccccc1-c1nc2ccccn2c1I. The molecular formula is C13H8I2N2. The van der Waals surface area contributed by atoms with Crippen LogP contribution in [0.5, 0.6) is 0 Å². The van der Waals surface area contributed by atoms with Crippen molar-refractivity contribution in [3.63, 3.8) is 0 Å². The molecule has 0 N–H and O–H groups in total. The predicted octanol–water partition coefficient (Wildman–Crippen LogP) is 4.21. The van der Waals surface area contributed by atoms with Crippen LogP contribution in [0, 0.1) is 7.27 Å². The molecule has 2 nitrogen and oxygen atoms in total. The molecule has 0 radical (unpaired) electrons. The number of aromatic nitrogens is 2. The Balaban J connectivity index is 2.32. The molecule has 3 aromatic rings. The fourth-order valence-corrected chi connectivity index (χ4v) is 3.25. The van der Waals surface area contributed by atoms with E-state index >= 15 is 0 Å². The maximum Gasteiger partial charge on any atom is 0.138 e. The summed E-state index contributed by atoms with van der Waals surface area (Å²) < 4.78 is 4.49. The quantitative estimate of drug-likeness (QED) is 0.513. The summed E-state index contributed by atoms with van der Waals surface area (Å²) >= 11 is 4.70. The van der Waals surface area contributed by atoms with Gasteiger partial charge in [-0.3, -0.25) is 4.40 Å². The highest BCUT2D eigenvalue weighted by atomic mass is 127. The van der Waals surface area contributed by atoms with Crippen molar-refractivity contribution in [2.24, 2.45) is 0 Å². The first-order chi connectivity index (χ1) is 8.27. The van der Waals surface area contributed by atoms with Gasteiger partial charge >= 0.3 is 0 Å². The summed E-state index contributed by atoms with van der Waals surface area (Å²) in [6, 6.07) is 14.4. The van der Waals surface area contributed by atoms with E-state index in [4.69, 9.17) is 4.98 Å². The van der Waals surface area contributed by atoms with Crippen molar-refractivity contribution in [2.75, 3.05) is 0 Å². The smallest absolute Gasteiger partial charge is 0.138 e. The van der Waals surface area contributed by atoms with E-state index in [2.05, 4.69) is 67.8 Å². The Labute approximate surface area is 126 Å².